The smallest absolute Gasteiger partial charge is 0.192 e. The molecule has 0 saturated carbocycles. The van der Waals surface area contributed by atoms with Crippen LogP contribution in [0, 0.1) is 0 Å². The van der Waals surface area contributed by atoms with Gasteiger partial charge < -0.3 is 4.74 Å². The predicted molar refractivity (Wildman–Crippen MR) is 117 cm³/mol. The molecule has 0 aliphatic rings. The highest BCUT2D eigenvalue weighted by atomic mass is 32.2. The Kier molecular flexibility index (Phi) is 6.25. The third kappa shape index (κ3) is 4.47. The number of para-hydroxylation sites is 1. The van der Waals surface area contributed by atoms with Crippen LogP contribution in [0.4, 0.5) is 0 Å². The summed E-state index contributed by atoms with van der Waals surface area (Å²) in [5.41, 5.74) is 3.71. The standard InChI is InChI=1S/C23H27N3OS/c1-6-15-26-21(19-9-7-8-10-20(19)27-5)24-25-22(26)28-16-17-11-13-18(14-12-17)23(2,3)4/h6-14H,1,15-16H2,2-5H3. The van der Waals surface area contributed by atoms with Gasteiger partial charge in [-0.15, -0.1) is 16.8 Å². The Morgan fingerprint density at radius 3 is 2.43 bits per heavy atom. The van der Waals surface area contributed by atoms with E-state index in [0.717, 1.165) is 28.0 Å². The maximum absolute atomic E-state index is 5.50. The van der Waals surface area contributed by atoms with Crippen LogP contribution in [0.25, 0.3) is 11.4 Å². The van der Waals surface area contributed by atoms with E-state index < -0.39 is 0 Å². The average molecular weight is 394 g/mol. The van der Waals surface area contributed by atoms with Crippen LogP contribution in [0.2, 0.25) is 0 Å². The SMILES string of the molecule is C=CCn1c(SCc2ccc(C(C)(C)C)cc2)nnc1-c1ccccc1OC. The van der Waals surface area contributed by atoms with E-state index in [1.807, 2.05) is 30.3 Å². The first-order valence-electron chi connectivity index (χ1n) is 9.33. The minimum atomic E-state index is 0.166. The Labute approximate surface area is 171 Å². The third-order valence-corrected chi connectivity index (χ3v) is 5.60. The van der Waals surface area contributed by atoms with Gasteiger partial charge in [-0.1, -0.05) is 75.0 Å². The zero-order chi connectivity index (χ0) is 20.1. The predicted octanol–water partition coefficient (Wildman–Crippen LogP) is 5.73. The number of aromatic nitrogens is 3. The van der Waals surface area contributed by atoms with E-state index in [0.29, 0.717) is 6.54 Å². The van der Waals surface area contributed by atoms with Gasteiger partial charge in [0.2, 0.25) is 0 Å². The van der Waals surface area contributed by atoms with Gasteiger partial charge in [-0.2, -0.15) is 0 Å². The van der Waals surface area contributed by atoms with Gasteiger partial charge in [-0.3, -0.25) is 4.57 Å². The Balaban J connectivity index is 1.83. The molecular weight excluding hydrogens is 366 g/mol. The Hall–Kier alpha value is -2.53. The maximum Gasteiger partial charge on any atom is 0.192 e. The largest absolute Gasteiger partial charge is 0.496 e. The van der Waals surface area contributed by atoms with Crippen LogP contribution in [0.5, 0.6) is 5.75 Å². The van der Waals surface area contributed by atoms with Gasteiger partial charge in [0.05, 0.1) is 12.7 Å². The molecule has 0 spiro atoms. The summed E-state index contributed by atoms with van der Waals surface area (Å²) in [7, 11) is 1.67. The molecule has 1 aromatic heterocycles. The molecule has 3 rings (SSSR count). The van der Waals surface area contributed by atoms with Gasteiger partial charge in [-0.25, -0.2) is 0 Å². The molecule has 0 fully saturated rings. The number of nitrogens with zero attached hydrogens (tertiary/aromatic N) is 3. The molecule has 0 radical (unpaired) electrons. The highest BCUT2D eigenvalue weighted by molar-refractivity contribution is 7.98. The minimum Gasteiger partial charge on any atom is -0.496 e. The Bertz CT molecular complexity index is 939. The summed E-state index contributed by atoms with van der Waals surface area (Å²) in [6, 6.07) is 16.7. The lowest BCUT2D eigenvalue weighted by Crippen LogP contribution is -2.10. The van der Waals surface area contributed by atoms with Gasteiger partial charge in [0.25, 0.3) is 0 Å². The van der Waals surface area contributed by atoms with Crippen molar-refractivity contribution in [3.8, 4) is 17.1 Å². The summed E-state index contributed by atoms with van der Waals surface area (Å²) in [5, 5.41) is 9.74. The number of methoxy groups -OCH3 is 1. The molecule has 0 unspecified atom stereocenters. The number of benzene rings is 2. The Morgan fingerprint density at radius 2 is 1.79 bits per heavy atom. The van der Waals surface area contributed by atoms with E-state index in [1.165, 1.54) is 11.1 Å². The number of rotatable bonds is 7. The molecule has 0 aliphatic carbocycles. The van der Waals surface area contributed by atoms with Crippen molar-refractivity contribution in [1.29, 1.82) is 0 Å². The molecule has 0 aliphatic heterocycles. The summed E-state index contributed by atoms with van der Waals surface area (Å²) in [6.07, 6.45) is 1.87. The zero-order valence-electron chi connectivity index (χ0n) is 17.0. The second kappa shape index (κ2) is 8.65. The van der Waals surface area contributed by atoms with Gasteiger partial charge in [0.1, 0.15) is 5.75 Å². The quantitative estimate of drug-likeness (QED) is 0.380. The van der Waals surface area contributed by atoms with Crippen LogP contribution in [-0.4, -0.2) is 21.9 Å². The minimum absolute atomic E-state index is 0.166. The van der Waals surface area contributed by atoms with Gasteiger partial charge >= 0.3 is 0 Å². The van der Waals surface area contributed by atoms with Crippen LogP contribution >= 0.6 is 11.8 Å². The van der Waals surface area contributed by atoms with Crippen LogP contribution in [0.15, 0.2) is 66.3 Å². The summed E-state index contributed by atoms with van der Waals surface area (Å²) < 4.78 is 7.58. The Morgan fingerprint density at radius 1 is 1.07 bits per heavy atom. The van der Waals surface area contributed by atoms with Crippen molar-refractivity contribution in [1.82, 2.24) is 14.8 Å². The van der Waals surface area contributed by atoms with E-state index in [-0.39, 0.29) is 5.41 Å². The molecule has 0 amide bonds. The highest BCUT2D eigenvalue weighted by Gasteiger charge is 2.17. The molecule has 5 heteroatoms. The van der Waals surface area contributed by atoms with E-state index in [4.69, 9.17) is 4.74 Å². The molecule has 3 aromatic rings. The van der Waals surface area contributed by atoms with Crippen molar-refractivity contribution in [2.24, 2.45) is 0 Å². The van der Waals surface area contributed by atoms with E-state index >= 15 is 0 Å². The third-order valence-electron chi connectivity index (χ3n) is 4.56. The van der Waals surface area contributed by atoms with Crippen molar-refractivity contribution in [2.45, 2.75) is 43.6 Å². The molecule has 0 saturated heterocycles. The lowest BCUT2D eigenvalue weighted by molar-refractivity contribution is 0.416. The first-order chi connectivity index (χ1) is 13.4. The van der Waals surface area contributed by atoms with E-state index in [9.17, 15) is 0 Å². The van der Waals surface area contributed by atoms with Crippen molar-refractivity contribution in [3.05, 3.63) is 72.3 Å². The van der Waals surface area contributed by atoms with Crippen LogP contribution in [0.1, 0.15) is 31.9 Å². The average Bonchev–Trinajstić information content (AvgIpc) is 3.08. The fourth-order valence-corrected chi connectivity index (χ4v) is 3.87. The molecule has 0 N–H and O–H groups in total. The summed E-state index contributed by atoms with van der Waals surface area (Å²) in [5.74, 6) is 2.42. The first kappa shape index (κ1) is 20.2. The molecular formula is C23H27N3OS. The molecule has 28 heavy (non-hydrogen) atoms. The topological polar surface area (TPSA) is 39.9 Å². The fraction of sp³-hybridized carbons (Fsp3) is 0.304. The molecule has 0 atom stereocenters. The van der Waals surface area contributed by atoms with E-state index in [2.05, 4.69) is 66.4 Å². The van der Waals surface area contributed by atoms with Gasteiger partial charge in [-0.05, 0) is 28.7 Å². The maximum atomic E-state index is 5.50. The number of ether oxygens (including phenoxy) is 1. The number of hydrogen-bond acceptors (Lipinski definition) is 4. The second-order valence-electron chi connectivity index (χ2n) is 7.64. The fourth-order valence-electron chi connectivity index (χ4n) is 2.97. The van der Waals surface area contributed by atoms with Gasteiger partial charge in [0, 0.05) is 12.3 Å². The highest BCUT2D eigenvalue weighted by Crippen LogP contribution is 2.32. The number of hydrogen-bond donors (Lipinski definition) is 0. The van der Waals surface area contributed by atoms with E-state index in [1.54, 1.807) is 18.9 Å². The normalized spacial score (nSPS) is 11.4. The monoisotopic (exact) mass is 393 g/mol. The molecule has 1 heterocycles. The molecule has 146 valence electrons. The van der Waals surface area contributed by atoms with Crippen molar-refractivity contribution in [2.75, 3.05) is 7.11 Å². The zero-order valence-corrected chi connectivity index (χ0v) is 17.8. The molecule has 4 nitrogen and oxygen atoms in total. The van der Waals surface area contributed by atoms with Crippen molar-refractivity contribution >= 4 is 11.8 Å². The van der Waals surface area contributed by atoms with Crippen LogP contribution < -0.4 is 4.74 Å². The summed E-state index contributed by atoms with van der Waals surface area (Å²) >= 11 is 1.68. The lowest BCUT2D eigenvalue weighted by atomic mass is 9.87. The van der Waals surface area contributed by atoms with Crippen molar-refractivity contribution in [3.63, 3.8) is 0 Å². The molecule has 0 bridgehead atoms. The lowest BCUT2D eigenvalue weighted by Gasteiger charge is -2.19. The number of allylic oxidation sites excluding steroid dienone is 1. The van der Waals surface area contributed by atoms with Crippen LogP contribution in [0.3, 0.4) is 0 Å². The van der Waals surface area contributed by atoms with Crippen LogP contribution in [-0.2, 0) is 17.7 Å². The van der Waals surface area contributed by atoms with Gasteiger partial charge in [0.15, 0.2) is 11.0 Å². The molecule has 2 aromatic carbocycles. The van der Waals surface area contributed by atoms with Crippen molar-refractivity contribution < 1.29 is 4.74 Å². The second-order valence-corrected chi connectivity index (χ2v) is 8.58. The number of thioether (sulfide) groups is 1. The summed E-state index contributed by atoms with van der Waals surface area (Å²) in [4.78, 5) is 0. The first-order valence-corrected chi connectivity index (χ1v) is 10.3. The summed E-state index contributed by atoms with van der Waals surface area (Å²) in [6.45, 7) is 11.2.